The van der Waals surface area contributed by atoms with Gasteiger partial charge in [-0.2, -0.15) is 4.31 Å². The van der Waals surface area contributed by atoms with E-state index in [0.717, 1.165) is 15.7 Å². The van der Waals surface area contributed by atoms with E-state index in [0.29, 0.717) is 11.1 Å². The zero-order valence-corrected chi connectivity index (χ0v) is 21.3. The standard InChI is InChI=1S/C27H28N4O5S/c1-27(23-12-11-21-9-5-6-10-22(21)17-23)25(33)31(26(34)28-27)18-24(32)29-13-15-30(16-14-29)37(35,36)19-20-7-3-2-4-8-20/h2-12,17H,13-16,18-19H2,1H3,(H,28,34). The summed E-state index contributed by atoms with van der Waals surface area (Å²) >= 11 is 0. The van der Waals surface area contributed by atoms with Crippen LogP contribution in [0.15, 0.2) is 72.8 Å². The average molecular weight is 521 g/mol. The Morgan fingerprint density at radius 3 is 2.24 bits per heavy atom. The van der Waals surface area contributed by atoms with Gasteiger partial charge in [0.25, 0.3) is 5.91 Å². The van der Waals surface area contributed by atoms with Crippen molar-refractivity contribution in [2.75, 3.05) is 32.7 Å². The third kappa shape index (κ3) is 4.82. The molecule has 2 aliphatic rings. The van der Waals surface area contributed by atoms with Gasteiger partial charge in [-0.15, -0.1) is 0 Å². The van der Waals surface area contributed by atoms with Gasteiger partial charge < -0.3 is 10.2 Å². The molecule has 37 heavy (non-hydrogen) atoms. The summed E-state index contributed by atoms with van der Waals surface area (Å²) in [6, 6.07) is 21.6. The van der Waals surface area contributed by atoms with Crippen LogP contribution in [0.3, 0.4) is 0 Å². The van der Waals surface area contributed by atoms with Crippen molar-refractivity contribution >= 4 is 38.6 Å². The van der Waals surface area contributed by atoms with Crippen molar-refractivity contribution in [1.82, 2.24) is 19.4 Å². The number of urea groups is 1. The Labute approximate surface area is 215 Å². The number of fused-ring (bicyclic) bond motifs is 1. The van der Waals surface area contributed by atoms with Crippen molar-refractivity contribution in [3.05, 3.63) is 83.9 Å². The number of sulfonamides is 1. The third-order valence-corrected chi connectivity index (χ3v) is 8.92. The van der Waals surface area contributed by atoms with Crippen LogP contribution in [-0.2, 0) is 30.9 Å². The molecule has 3 aromatic carbocycles. The first-order chi connectivity index (χ1) is 17.7. The lowest BCUT2D eigenvalue weighted by molar-refractivity contribution is -0.139. The Bertz CT molecular complexity index is 1470. The van der Waals surface area contributed by atoms with E-state index in [1.807, 2.05) is 42.5 Å². The summed E-state index contributed by atoms with van der Waals surface area (Å²) in [6.45, 7) is 1.95. The molecule has 9 nitrogen and oxygen atoms in total. The van der Waals surface area contributed by atoms with Gasteiger partial charge in [0.1, 0.15) is 12.1 Å². The Morgan fingerprint density at radius 2 is 1.54 bits per heavy atom. The number of carbonyl (C=O) groups excluding carboxylic acids is 3. The average Bonchev–Trinajstić information content (AvgIpc) is 3.12. The first-order valence-electron chi connectivity index (χ1n) is 12.1. The summed E-state index contributed by atoms with van der Waals surface area (Å²) in [5.41, 5.74) is 0.0526. The molecule has 0 saturated carbocycles. The maximum atomic E-state index is 13.3. The van der Waals surface area contributed by atoms with Crippen molar-refractivity contribution in [2.45, 2.75) is 18.2 Å². The molecule has 2 heterocycles. The molecular formula is C27H28N4O5S. The molecule has 0 aromatic heterocycles. The number of piperazine rings is 1. The monoisotopic (exact) mass is 520 g/mol. The number of benzene rings is 3. The predicted octanol–water partition coefficient (Wildman–Crippen LogP) is 2.28. The van der Waals surface area contributed by atoms with E-state index in [4.69, 9.17) is 0 Å². The molecule has 3 aromatic rings. The lowest BCUT2D eigenvalue weighted by Gasteiger charge is -2.34. The smallest absolute Gasteiger partial charge is 0.325 e. The second kappa shape index (κ2) is 9.60. The van der Waals surface area contributed by atoms with Gasteiger partial charge in [-0.1, -0.05) is 66.7 Å². The van der Waals surface area contributed by atoms with Gasteiger partial charge in [-0.05, 0) is 34.9 Å². The van der Waals surface area contributed by atoms with Crippen LogP contribution in [0.4, 0.5) is 4.79 Å². The second-order valence-electron chi connectivity index (χ2n) is 9.53. The minimum absolute atomic E-state index is 0.0996. The summed E-state index contributed by atoms with van der Waals surface area (Å²) in [5.74, 6) is -0.992. The van der Waals surface area contributed by atoms with Crippen LogP contribution in [0.25, 0.3) is 10.8 Å². The van der Waals surface area contributed by atoms with Crippen LogP contribution in [0.5, 0.6) is 0 Å². The van der Waals surface area contributed by atoms with Crippen molar-refractivity contribution in [1.29, 1.82) is 0 Å². The number of hydrogen-bond donors (Lipinski definition) is 1. The van der Waals surface area contributed by atoms with E-state index in [2.05, 4.69) is 5.32 Å². The molecule has 2 fully saturated rings. The fraction of sp³-hybridized carbons (Fsp3) is 0.296. The maximum Gasteiger partial charge on any atom is 0.325 e. The van der Waals surface area contributed by atoms with E-state index in [1.165, 1.54) is 9.21 Å². The summed E-state index contributed by atoms with van der Waals surface area (Å²) in [6.07, 6.45) is 0. The van der Waals surface area contributed by atoms with Crippen LogP contribution < -0.4 is 5.32 Å². The highest BCUT2D eigenvalue weighted by atomic mass is 32.2. The van der Waals surface area contributed by atoms with Crippen LogP contribution in [0.2, 0.25) is 0 Å². The molecule has 0 bridgehead atoms. The van der Waals surface area contributed by atoms with Gasteiger partial charge in [0, 0.05) is 26.2 Å². The van der Waals surface area contributed by atoms with E-state index in [-0.39, 0.29) is 31.9 Å². The maximum absolute atomic E-state index is 13.3. The minimum atomic E-state index is -3.52. The zero-order valence-electron chi connectivity index (χ0n) is 20.5. The first-order valence-corrected chi connectivity index (χ1v) is 13.7. The van der Waals surface area contributed by atoms with Crippen molar-refractivity contribution in [3.8, 4) is 0 Å². The van der Waals surface area contributed by atoms with Crippen LogP contribution in [0, 0.1) is 0 Å². The molecule has 1 atom stereocenters. The molecule has 1 N–H and O–H groups in total. The second-order valence-corrected chi connectivity index (χ2v) is 11.5. The SMILES string of the molecule is CC1(c2ccc3ccccc3c2)NC(=O)N(CC(=O)N2CCN(S(=O)(=O)Cc3ccccc3)CC2)C1=O. The highest BCUT2D eigenvalue weighted by Gasteiger charge is 2.50. The first kappa shape index (κ1) is 24.9. The number of carbonyl (C=O) groups is 3. The molecule has 0 spiro atoms. The molecule has 0 aliphatic carbocycles. The molecule has 10 heteroatoms. The Kier molecular flexibility index (Phi) is 6.47. The lowest BCUT2D eigenvalue weighted by atomic mass is 9.90. The molecule has 1 unspecified atom stereocenters. The van der Waals surface area contributed by atoms with Crippen molar-refractivity contribution in [3.63, 3.8) is 0 Å². The lowest BCUT2D eigenvalue weighted by Crippen LogP contribution is -2.53. The van der Waals surface area contributed by atoms with Crippen LogP contribution >= 0.6 is 0 Å². The molecule has 0 radical (unpaired) electrons. The van der Waals surface area contributed by atoms with E-state index in [9.17, 15) is 22.8 Å². The molecule has 2 saturated heterocycles. The molecule has 5 rings (SSSR count). The van der Waals surface area contributed by atoms with Gasteiger partial charge in [-0.25, -0.2) is 13.2 Å². The summed E-state index contributed by atoms with van der Waals surface area (Å²) < 4.78 is 27.0. The number of rotatable bonds is 6. The predicted molar refractivity (Wildman–Crippen MR) is 139 cm³/mol. The number of nitrogens with zero attached hydrogens (tertiary/aromatic N) is 3. The zero-order chi connectivity index (χ0) is 26.2. The van der Waals surface area contributed by atoms with Crippen molar-refractivity contribution < 1.29 is 22.8 Å². The normalized spacial score (nSPS) is 20.9. The fourth-order valence-corrected chi connectivity index (χ4v) is 6.38. The highest BCUT2D eigenvalue weighted by molar-refractivity contribution is 7.88. The van der Waals surface area contributed by atoms with Gasteiger partial charge in [0.05, 0.1) is 5.75 Å². The minimum Gasteiger partial charge on any atom is -0.338 e. The van der Waals surface area contributed by atoms with Gasteiger partial charge >= 0.3 is 6.03 Å². The van der Waals surface area contributed by atoms with E-state index in [1.54, 1.807) is 37.3 Å². The summed E-state index contributed by atoms with van der Waals surface area (Å²) in [4.78, 5) is 41.5. The molecule has 2 aliphatic heterocycles. The number of nitrogens with one attached hydrogen (secondary N) is 1. The Morgan fingerprint density at radius 1 is 0.892 bits per heavy atom. The summed E-state index contributed by atoms with van der Waals surface area (Å²) in [7, 11) is -3.52. The molecule has 4 amide bonds. The van der Waals surface area contributed by atoms with E-state index >= 15 is 0 Å². The van der Waals surface area contributed by atoms with Crippen LogP contribution in [-0.4, -0.2) is 73.1 Å². The third-order valence-electron chi connectivity index (χ3n) is 7.07. The fourth-order valence-electron chi connectivity index (χ4n) is 4.86. The number of imide groups is 1. The quantitative estimate of drug-likeness (QED) is 0.502. The highest BCUT2D eigenvalue weighted by Crippen LogP contribution is 2.31. The molecule has 192 valence electrons. The number of amides is 4. The number of hydrogen-bond acceptors (Lipinski definition) is 5. The van der Waals surface area contributed by atoms with Gasteiger partial charge in [0.15, 0.2) is 0 Å². The van der Waals surface area contributed by atoms with Crippen molar-refractivity contribution in [2.24, 2.45) is 0 Å². The van der Waals surface area contributed by atoms with Crippen LogP contribution in [0.1, 0.15) is 18.1 Å². The van der Waals surface area contributed by atoms with Gasteiger partial charge in [0.2, 0.25) is 15.9 Å². The largest absolute Gasteiger partial charge is 0.338 e. The summed E-state index contributed by atoms with van der Waals surface area (Å²) in [5, 5.41) is 4.71. The Balaban J connectivity index is 1.22. The van der Waals surface area contributed by atoms with E-state index < -0.39 is 40.0 Å². The Hall–Kier alpha value is -3.76. The topological polar surface area (TPSA) is 107 Å². The molecular weight excluding hydrogens is 492 g/mol. The van der Waals surface area contributed by atoms with Gasteiger partial charge in [-0.3, -0.25) is 14.5 Å².